The molecular weight excluding hydrogens is 244 g/mol. The molecule has 17 heavy (non-hydrogen) atoms. The smallest absolute Gasteiger partial charge is 0.346 e. The van der Waals surface area contributed by atoms with Crippen LogP contribution in [0.2, 0.25) is 0 Å². The number of nitrogens with one attached hydrogen (secondary N) is 1. The number of hydrogen-bond donors (Lipinski definition) is 2. The number of aromatic nitrogens is 2. The average Bonchev–Trinajstić information content (AvgIpc) is 2.56. The highest BCUT2D eigenvalue weighted by molar-refractivity contribution is 7.20. The summed E-state index contributed by atoms with van der Waals surface area (Å²) in [6.45, 7) is 1.79. The van der Waals surface area contributed by atoms with Crippen molar-refractivity contribution in [3.8, 4) is 0 Å². The molecule has 0 saturated carbocycles. The maximum absolute atomic E-state index is 11.8. The molecule has 0 unspecified atom stereocenters. The number of H-pyrrole nitrogens is 1. The molecule has 90 valence electrons. The Labute approximate surface area is 99.9 Å². The fourth-order valence-corrected chi connectivity index (χ4v) is 2.64. The van der Waals surface area contributed by atoms with Crippen LogP contribution in [0.25, 0.3) is 10.2 Å². The van der Waals surface area contributed by atoms with Gasteiger partial charge >= 0.3 is 5.97 Å². The first-order valence-electron chi connectivity index (χ1n) is 4.79. The lowest BCUT2D eigenvalue weighted by atomic mass is 10.2. The highest BCUT2D eigenvalue weighted by Crippen LogP contribution is 2.26. The number of fused-ring (bicyclic) bond motifs is 1. The first-order chi connectivity index (χ1) is 8.04. The molecule has 0 saturated heterocycles. The van der Waals surface area contributed by atoms with Crippen molar-refractivity contribution in [2.75, 3.05) is 7.11 Å². The van der Waals surface area contributed by atoms with Crippen molar-refractivity contribution in [1.29, 1.82) is 0 Å². The number of methoxy groups -OCH3 is 1. The van der Waals surface area contributed by atoms with Crippen LogP contribution >= 0.6 is 11.3 Å². The number of carbonyl (C=O) groups is 1. The number of aromatic amines is 1. The van der Waals surface area contributed by atoms with Crippen molar-refractivity contribution in [1.82, 2.24) is 9.97 Å². The lowest BCUT2D eigenvalue weighted by Crippen LogP contribution is -2.12. The molecule has 2 rings (SSSR count). The summed E-state index contributed by atoms with van der Waals surface area (Å²) < 4.78 is 4.87. The van der Waals surface area contributed by atoms with Gasteiger partial charge in [0.2, 0.25) is 0 Å². The van der Waals surface area contributed by atoms with E-state index in [0.29, 0.717) is 21.6 Å². The summed E-state index contributed by atoms with van der Waals surface area (Å²) in [7, 11) is 1.49. The summed E-state index contributed by atoms with van der Waals surface area (Å²) in [4.78, 5) is 30.1. The van der Waals surface area contributed by atoms with Crippen LogP contribution in [0.3, 0.4) is 0 Å². The zero-order chi connectivity index (χ0) is 12.6. The van der Waals surface area contributed by atoms with Gasteiger partial charge in [-0.3, -0.25) is 4.79 Å². The largest absolute Gasteiger partial charge is 0.477 e. The van der Waals surface area contributed by atoms with Crippen LogP contribution in [-0.4, -0.2) is 28.2 Å². The molecule has 0 bridgehead atoms. The molecule has 0 spiro atoms. The van der Waals surface area contributed by atoms with Gasteiger partial charge in [-0.05, 0) is 12.5 Å². The number of ether oxygens (including phenoxy) is 1. The lowest BCUT2D eigenvalue weighted by Gasteiger charge is -1.98. The summed E-state index contributed by atoms with van der Waals surface area (Å²) in [5, 5.41) is 9.32. The van der Waals surface area contributed by atoms with E-state index in [-0.39, 0.29) is 17.0 Å². The third-order valence-electron chi connectivity index (χ3n) is 2.32. The van der Waals surface area contributed by atoms with E-state index in [1.165, 1.54) is 7.11 Å². The number of aryl methyl sites for hydroxylation is 1. The van der Waals surface area contributed by atoms with Gasteiger partial charge in [-0.25, -0.2) is 9.78 Å². The molecule has 2 aromatic heterocycles. The minimum atomic E-state index is -1.04. The Kier molecular flexibility index (Phi) is 2.95. The third kappa shape index (κ3) is 1.94. The molecule has 0 amide bonds. The van der Waals surface area contributed by atoms with E-state index in [4.69, 9.17) is 9.84 Å². The molecule has 0 fully saturated rings. The second-order valence-corrected chi connectivity index (χ2v) is 4.49. The SMILES string of the molecule is COCc1nc2sc(C(=O)O)c(C)c2c(=O)[nH]1. The minimum Gasteiger partial charge on any atom is -0.477 e. The Hall–Kier alpha value is -1.73. The van der Waals surface area contributed by atoms with E-state index in [9.17, 15) is 9.59 Å². The number of thiophene rings is 1. The average molecular weight is 254 g/mol. The first kappa shape index (κ1) is 11.7. The van der Waals surface area contributed by atoms with Gasteiger partial charge in [0, 0.05) is 7.11 Å². The van der Waals surface area contributed by atoms with E-state index >= 15 is 0 Å². The molecule has 0 radical (unpaired) electrons. The quantitative estimate of drug-likeness (QED) is 0.856. The van der Waals surface area contributed by atoms with E-state index < -0.39 is 5.97 Å². The van der Waals surface area contributed by atoms with E-state index in [1.54, 1.807) is 6.92 Å². The number of aromatic carboxylic acids is 1. The van der Waals surface area contributed by atoms with Crippen molar-refractivity contribution in [2.45, 2.75) is 13.5 Å². The molecule has 0 atom stereocenters. The van der Waals surface area contributed by atoms with Crippen LogP contribution in [0, 0.1) is 6.92 Å². The number of rotatable bonds is 3. The van der Waals surface area contributed by atoms with Gasteiger partial charge in [-0.1, -0.05) is 0 Å². The Bertz CT molecular complexity index is 644. The van der Waals surface area contributed by atoms with Gasteiger partial charge < -0.3 is 14.8 Å². The molecule has 2 heterocycles. The van der Waals surface area contributed by atoms with Crippen molar-refractivity contribution in [2.24, 2.45) is 0 Å². The van der Waals surface area contributed by atoms with Crippen molar-refractivity contribution in [3.63, 3.8) is 0 Å². The molecule has 0 aliphatic rings. The number of carboxylic acid groups (broad SMARTS) is 1. The fraction of sp³-hybridized carbons (Fsp3) is 0.300. The monoisotopic (exact) mass is 254 g/mol. The summed E-state index contributed by atoms with van der Waals surface area (Å²) in [6.07, 6.45) is 0. The second-order valence-electron chi connectivity index (χ2n) is 3.49. The zero-order valence-corrected chi connectivity index (χ0v) is 10.1. The minimum absolute atomic E-state index is 0.146. The second kappa shape index (κ2) is 4.27. The molecular formula is C10H10N2O4S. The standard InChI is InChI=1S/C10H10N2O4S/c1-4-6-8(13)11-5(3-16-2)12-9(6)17-7(4)10(14)15/h3H2,1-2H3,(H,14,15)(H,11,12,13). The topological polar surface area (TPSA) is 92.3 Å². The van der Waals surface area contributed by atoms with Crippen molar-refractivity contribution >= 4 is 27.5 Å². The van der Waals surface area contributed by atoms with Crippen LogP contribution in [0.4, 0.5) is 0 Å². The van der Waals surface area contributed by atoms with Crippen LogP contribution in [-0.2, 0) is 11.3 Å². The first-order valence-corrected chi connectivity index (χ1v) is 5.60. The van der Waals surface area contributed by atoms with Crippen molar-refractivity contribution < 1.29 is 14.6 Å². The molecule has 0 aliphatic heterocycles. The zero-order valence-electron chi connectivity index (χ0n) is 9.23. The lowest BCUT2D eigenvalue weighted by molar-refractivity contribution is 0.0701. The predicted molar refractivity (Wildman–Crippen MR) is 62.7 cm³/mol. The van der Waals surface area contributed by atoms with E-state index in [2.05, 4.69) is 9.97 Å². The van der Waals surface area contributed by atoms with Gasteiger partial charge in [-0.2, -0.15) is 0 Å². The van der Waals surface area contributed by atoms with Gasteiger partial charge in [0.15, 0.2) is 0 Å². The molecule has 7 heteroatoms. The molecule has 0 aliphatic carbocycles. The van der Waals surface area contributed by atoms with Crippen LogP contribution < -0.4 is 5.56 Å². The highest BCUT2D eigenvalue weighted by Gasteiger charge is 2.18. The summed E-state index contributed by atoms with van der Waals surface area (Å²) in [5.74, 6) is -0.651. The predicted octanol–water partition coefficient (Wildman–Crippen LogP) is 1.14. The normalized spacial score (nSPS) is 10.9. The van der Waals surface area contributed by atoms with Gasteiger partial charge in [-0.15, -0.1) is 11.3 Å². The van der Waals surface area contributed by atoms with Crippen LogP contribution in [0.5, 0.6) is 0 Å². The highest BCUT2D eigenvalue weighted by atomic mass is 32.1. The summed E-state index contributed by atoms with van der Waals surface area (Å²) >= 11 is 1.000. The molecule has 2 N–H and O–H groups in total. The van der Waals surface area contributed by atoms with Crippen molar-refractivity contribution in [3.05, 3.63) is 26.6 Å². The van der Waals surface area contributed by atoms with Gasteiger partial charge in [0.1, 0.15) is 22.1 Å². The Morgan fingerprint density at radius 3 is 2.88 bits per heavy atom. The maximum atomic E-state index is 11.8. The maximum Gasteiger partial charge on any atom is 0.346 e. The molecule has 2 aromatic rings. The number of nitrogens with zero attached hydrogens (tertiary/aromatic N) is 1. The Morgan fingerprint density at radius 2 is 2.29 bits per heavy atom. The van der Waals surface area contributed by atoms with E-state index in [1.807, 2.05) is 0 Å². The van der Waals surface area contributed by atoms with E-state index in [0.717, 1.165) is 11.3 Å². The number of carboxylic acids is 1. The van der Waals surface area contributed by atoms with Crippen LogP contribution in [0.15, 0.2) is 4.79 Å². The Morgan fingerprint density at radius 1 is 1.59 bits per heavy atom. The third-order valence-corrected chi connectivity index (χ3v) is 3.50. The molecule has 6 nitrogen and oxygen atoms in total. The molecule has 0 aromatic carbocycles. The fourth-order valence-electron chi connectivity index (χ4n) is 1.60. The summed E-state index contributed by atoms with van der Waals surface area (Å²) in [5.41, 5.74) is 0.124. The van der Waals surface area contributed by atoms with Gasteiger partial charge in [0.25, 0.3) is 5.56 Å². The number of hydrogen-bond acceptors (Lipinski definition) is 5. The Balaban J connectivity index is 2.74. The van der Waals surface area contributed by atoms with Crippen LogP contribution in [0.1, 0.15) is 21.1 Å². The van der Waals surface area contributed by atoms with Gasteiger partial charge in [0.05, 0.1) is 5.39 Å². The summed E-state index contributed by atoms with van der Waals surface area (Å²) in [6, 6.07) is 0.